The van der Waals surface area contributed by atoms with Crippen LogP contribution in [0.25, 0.3) is 0 Å². The van der Waals surface area contributed by atoms with Gasteiger partial charge in [-0.25, -0.2) is 9.45 Å². The third-order valence-electron chi connectivity index (χ3n) is 2.99. The monoisotopic (exact) mass is 289 g/mol. The highest BCUT2D eigenvalue weighted by atomic mass is 19.1. The van der Waals surface area contributed by atoms with Crippen molar-refractivity contribution in [3.8, 4) is 5.75 Å². The highest BCUT2D eigenvalue weighted by Crippen LogP contribution is 2.22. The van der Waals surface area contributed by atoms with Crippen molar-refractivity contribution < 1.29 is 18.8 Å². The summed E-state index contributed by atoms with van der Waals surface area (Å²) in [6.07, 6.45) is 0. The molecule has 0 aliphatic rings. The minimum atomic E-state index is -0.692. The van der Waals surface area contributed by atoms with Gasteiger partial charge in [0.2, 0.25) is 0 Å². The minimum absolute atomic E-state index is 0.0363. The van der Waals surface area contributed by atoms with Gasteiger partial charge in [-0.05, 0) is 17.7 Å². The minimum Gasteiger partial charge on any atom is -0.486 e. The van der Waals surface area contributed by atoms with Gasteiger partial charge in [0.1, 0.15) is 6.61 Å². The van der Waals surface area contributed by atoms with Crippen molar-refractivity contribution >= 4 is 5.91 Å². The second kappa shape index (κ2) is 6.85. The summed E-state index contributed by atoms with van der Waals surface area (Å²) in [6.45, 7) is 0.232. The molecule has 5 heteroatoms. The van der Waals surface area contributed by atoms with Crippen LogP contribution in [0.3, 0.4) is 0 Å². The molecule has 0 aliphatic heterocycles. The van der Waals surface area contributed by atoms with Crippen LogP contribution in [0.4, 0.5) is 4.39 Å². The lowest BCUT2D eigenvalue weighted by Gasteiger charge is -2.15. The summed E-state index contributed by atoms with van der Waals surface area (Å²) >= 11 is 0. The van der Waals surface area contributed by atoms with E-state index in [0.717, 1.165) is 10.6 Å². The second-order valence-corrected chi connectivity index (χ2v) is 4.38. The second-order valence-electron chi connectivity index (χ2n) is 4.38. The van der Waals surface area contributed by atoms with Crippen molar-refractivity contribution in [1.82, 2.24) is 5.06 Å². The van der Waals surface area contributed by atoms with Crippen LogP contribution in [-0.4, -0.2) is 25.1 Å². The molecule has 0 heterocycles. The van der Waals surface area contributed by atoms with Crippen LogP contribution < -0.4 is 4.74 Å². The Balaban J connectivity index is 2.16. The fourth-order valence-electron chi connectivity index (χ4n) is 1.78. The molecule has 0 bridgehead atoms. The van der Waals surface area contributed by atoms with E-state index in [-0.39, 0.29) is 17.9 Å². The number of ether oxygens (including phenoxy) is 1. The van der Waals surface area contributed by atoms with Gasteiger partial charge in [-0.3, -0.25) is 9.63 Å². The first-order valence-corrected chi connectivity index (χ1v) is 6.41. The van der Waals surface area contributed by atoms with E-state index in [1.807, 2.05) is 30.3 Å². The molecule has 0 unspecified atom stereocenters. The highest BCUT2D eigenvalue weighted by Gasteiger charge is 2.19. The third-order valence-corrected chi connectivity index (χ3v) is 2.99. The van der Waals surface area contributed by atoms with Crippen LogP contribution in [-0.2, 0) is 11.4 Å². The Kier molecular flexibility index (Phi) is 4.90. The first-order valence-electron chi connectivity index (χ1n) is 6.41. The molecule has 0 atom stereocenters. The lowest BCUT2D eigenvalue weighted by Crippen LogP contribution is -2.26. The predicted octanol–water partition coefficient (Wildman–Crippen LogP) is 3.04. The molecule has 0 saturated carbocycles. The number of carbonyl (C=O) groups excluding carboxylic acids is 1. The van der Waals surface area contributed by atoms with E-state index in [1.54, 1.807) is 6.07 Å². The average Bonchev–Trinajstić information content (AvgIpc) is 2.53. The number of amides is 1. The Morgan fingerprint density at radius 2 is 1.86 bits per heavy atom. The maximum atomic E-state index is 14.3. The molecule has 2 rings (SSSR count). The molecular weight excluding hydrogens is 273 g/mol. The maximum absolute atomic E-state index is 14.3. The number of rotatable bonds is 5. The highest BCUT2D eigenvalue weighted by molar-refractivity contribution is 5.94. The van der Waals surface area contributed by atoms with Gasteiger partial charge >= 0.3 is 0 Å². The van der Waals surface area contributed by atoms with Crippen molar-refractivity contribution in [3.63, 3.8) is 0 Å². The summed E-state index contributed by atoms with van der Waals surface area (Å²) in [7, 11) is 2.75. The normalized spacial score (nSPS) is 10.2. The van der Waals surface area contributed by atoms with Crippen molar-refractivity contribution in [3.05, 3.63) is 65.5 Å². The summed E-state index contributed by atoms with van der Waals surface area (Å²) in [5.74, 6) is -1.23. The number of nitrogens with zero attached hydrogens (tertiary/aromatic N) is 1. The summed E-state index contributed by atoms with van der Waals surface area (Å²) in [5, 5.41) is 0.958. The van der Waals surface area contributed by atoms with Gasteiger partial charge in [0.25, 0.3) is 5.91 Å². The average molecular weight is 289 g/mol. The number of hydrogen-bond donors (Lipinski definition) is 0. The first-order chi connectivity index (χ1) is 10.1. The van der Waals surface area contributed by atoms with E-state index in [1.165, 1.54) is 26.3 Å². The molecule has 0 aliphatic carbocycles. The molecule has 2 aromatic rings. The molecule has 4 nitrogen and oxygen atoms in total. The quantitative estimate of drug-likeness (QED) is 0.794. The van der Waals surface area contributed by atoms with E-state index >= 15 is 0 Å². The van der Waals surface area contributed by atoms with E-state index in [4.69, 9.17) is 9.57 Å². The fraction of sp³-hybridized carbons (Fsp3) is 0.188. The number of benzene rings is 2. The molecule has 0 aromatic heterocycles. The lowest BCUT2D eigenvalue weighted by molar-refractivity contribution is -0.0759. The third kappa shape index (κ3) is 3.58. The van der Waals surface area contributed by atoms with Crippen LogP contribution in [0.2, 0.25) is 0 Å². The molecular formula is C16H16FNO3. The first kappa shape index (κ1) is 15.0. The number of hydroxylamine groups is 2. The Morgan fingerprint density at radius 1 is 1.14 bits per heavy atom. The zero-order chi connectivity index (χ0) is 15.2. The van der Waals surface area contributed by atoms with E-state index < -0.39 is 11.7 Å². The SMILES string of the molecule is CON(C)C(=O)c1cccc(OCc2ccccc2)c1F. The molecule has 0 spiro atoms. The Bertz CT molecular complexity index is 616. The van der Waals surface area contributed by atoms with Gasteiger partial charge < -0.3 is 4.74 Å². The van der Waals surface area contributed by atoms with Crippen LogP contribution in [0.5, 0.6) is 5.75 Å². The van der Waals surface area contributed by atoms with Gasteiger partial charge in [-0.1, -0.05) is 36.4 Å². The van der Waals surface area contributed by atoms with Crippen molar-refractivity contribution in [2.75, 3.05) is 14.2 Å². The maximum Gasteiger partial charge on any atom is 0.280 e. The topological polar surface area (TPSA) is 38.8 Å². The summed E-state index contributed by atoms with van der Waals surface area (Å²) in [4.78, 5) is 16.7. The van der Waals surface area contributed by atoms with Gasteiger partial charge in [0, 0.05) is 7.05 Å². The van der Waals surface area contributed by atoms with Gasteiger partial charge in [0.15, 0.2) is 11.6 Å². The standard InChI is InChI=1S/C16H16FNO3/c1-18(20-2)16(19)13-9-6-10-14(15(13)17)21-11-12-7-4-3-5-8-12/h3-10H,11H2,1-2H3. The summed E-state index contributed by atoms with van der Waals surface area (Å²) in [6, 6.07) is 13.9. The van der Waals surface area contributed by atoms with Crippen LogP contribution in [0.15, 0.2) is 48.5 Å². The molecule has 0 saturated heterocycles. The zero-order valence-corrected chi connectivity index (χ0v) is 11.9. The number of halogens is 1. The summed E-state index contributed by atoms with van der Waals surface area (Å²) in [5.41, 5.74) is 0.826. The van der Waals surface area contributed by atoms with E-state index in [9.17, 15) is 9.18 Å². The van der Waals surface area contributed by atoms with Crippen LogP contribution in [0.1, 0.15) is 15.9 Å². The van der Waals surface area contributed by atoms with Crippen LogP contribution >= 0.6 is 0 Å². The predicted molar refractivity (Wildman–Crippen MR) is 76.3 cm³/mol. The molecule has 21 heavy (non-hydrogen) atoms. The molecule has 1 amide bonds. The number of hydrogen-bond acceptors (Lipinski definition) is 3. The molecule has 0 fully saturated rings. The Labute approximate surface area is 122 Å². The molecule has 0 radical (unpaired) electrons. The largest absolute Gasteiger partial charge is 0.486 e. The number of carbonyl (C=O) groups is 1. The van der Waals surface area contributed by atoms with E-state index in [2.05, 4.69) is 0 Å². The van der Waals surface area contributed by atoms with Gasteiger partial charge in [-0.15, -0.1) is 0 Å². The van der Waals surface area contributed by atoms with Gasteiger partial charge in [-0.2, -0.15) is 0 Å². The molecule has 0 N–H and O–H groups in total. The van der Waals surface area contributed by atoms with E-state index in [0.29, 0.717) is 0 Å². The molecule has 2 aromatic carbocycles. The Morgan fingerprint density at radius 3 is 2.52 bits per heavy atom. The van der Waals surface area contributed by atoms with Crippen molar-refractivity contribution in [1.29, 1.82) is 0 Å². The lowest BCUT2D eigenvalue weighted by atomic mass is 10.2. The van der Waals surface area contributed by atoms with Crippen molar-refractivity contribution in [2.24, 2.45) is 0 Å². The smallest absolute Gasteiger partial charge is 0.280 e. The zero-order valence-electron chi connectivity index (χ0n) is 11.9. The fourth-order valence-corrected chi connectivity index (χ4v) is 1.78. The summed E-state index contributed by atoms with van der Waals surface area (Å²) < 4.78 is 19.7. The van der Waals surface area contributed by atoms with Crippen LogP contribution in [0, 0.1) is 5.82 Å². The van der Waals surface area contributed by atoms with Crippen molar-refractivity contribution in [2.45, 2.75) is 6.61 Å². The molecule has 110 valence electrons. The van der Waals surface area contributed by atoms with Gasteiger partial charge in [0.05, 0.1) is 12.7 Å². The Hall–Kier alpha value is -2.40.